The van der Waals surface area contributed by atoms with Crippen molar-refractivity contribution in [2.75, 3.05) is 26.3 Å². The second kappa shape index (κ2) is 7.80. The van der Waals surface area contributed by atoms with E-state index in [1.165, 1.54) is 0 Å². The number of amides is 1. The molecular weight excluding hydrogens is 178 g/mol. The van der Waals surface area contributed by atoms with Crippen molar-refractivity contribution in [1.29, 1.82) is 0 Å². The molecule has 0 heterocycles. The van der Waals surface area contributed by atoms with E-state index in [0.717, 1.165) is 26.1 Å². The summed E-state index contributed by atoms with van der Waals surface area (Å²) < 4.78 is 5.36. The van der Waals surface area contributed by atoms with Crippen LogP contribution in [0.5, 0.6) is 0 Å². The van der Waals surface area contributed by atoms with Crippen LogP contribution in [0.25, 0.3) is 0 Å². The molecule has 3 heteroatoms. The first-order valence-corrected chi connectivity index (χ1v) is 5.53. The smallest absolute Gasteiger partial charge is 0.227 e. The molecule has 0 aliphatic heterocycles. The Kier molecular flexibility index (Phi) is 7.48. The molecule has 0 radical (unpaired) electrons. The Labute approximate surface area is 87.4 Å². The lowest BCUT2D eigenvalue weighted by Gasteiger charge is -2.22. The number of hydrogen-bond donors (Lipinski definition) is 0. The van der Waals surface area contributed by atoms with Crippen molar-refractivity contribution >= 4 is 5.91 Å². The standard InChI is InChI=1S/C11H23NO2/c1-5-8-14-9-10(4)11(13)12(6-2)7-3/h10H,5-9H2,1-4H3. The maximum atomic E-state index is 11.7. The Hall–Kier alpha value is -0.570. The molecule has 0 bridgehead atoms. The van der Waals surface area contributed by atoms with Gasteiger partial charge >= 0.3 is 0 Å². The fourth-order valence-electron chi connectivity index (χ4n) is 1.32. The molecule has 0 fully saturated rings. The van der Waals surface area contributed by atoms with E-state index < -0.39 is 0 Å². The Morgan fingerprint density at radius 2 is 1.86 bits per heavy atom. The van der Waals surface area contributed by atoms with Gasteiger partial charge in [0.2, 0.25) is 5.91 Å². The highest BCUT2D eigenvalue weighted by Crippen LogP contribution is 2.03. The van der Waals surface area contributed by atoms with Gasteiger partial charge in [-0.05, 0) is 20.3 Å². The van der Waals surface area contributed by atoms with Crippen LogP contribution in [0.15, 0.2) is 0 Å². The molecule has 0 N–H and O–H groups in total. The van der Waals surface area contributed by atoms with Crippen molar-refractivity contribution in [3.05, 3.63) is 0 Å². The molecule has 0 aliphatic rings. The van der Waals surface area contributed by atoms with E-state index in [0.29, 0.717) is 6.61 Å². The van der Waals surface area contributed by atoms with Crippen LogP contribution in [-0.2, 0) is 9.53 Å². The minimum Gasteiger partial charge on any atom is -0.381 e. The van der Waals surface area contributed by atoms with E-state index in [9.17, 15) is 4.79 Å². The molecule has 1 atom stereocenters. The van der Waals surface area contributed by atoms with Crippen LogP contribution < -0.4 is 0 Å². The first-order chi connectivity index (χ1) is 6.67. The molecule has 0 spiro atoms. The summed E-state index contributed by atoms with van der Waals surface area (Å²) in [6, 6.07) is 0. The normalized spacial score (nSPS) is 12.6. The van der Waals surface area contributed by atoms with E-state index >= 15 is 0 Å². The van der Waals surface area contributed by atoms with Crippen LogP contribution in [0.1, 0.15) is 34.1 Å². The molecule has 14 heavy (non-hydrogen) atoms. The molecule has 0 aliphatic carbocycles. The summed E-state index contributed by atoms with van der Waals surface area (Å²) in [5, 5.41) is 0. The molecule has 84 valence electrons. The van der Waals surface area contributed by atoms with Gasteiger partial charge in [-0.3, -0.25) is 4.79 Å². The average molecular weight is 201 g/mol. The number of ether oxygens (including phenoxy) is 1. The van der Waals surface area contributed by atoms with Crippen LogP contribution in [0, 0.1) is 5.92 Å². The van der Waals surface area contributed by atoms with E-state index in [2.05, 4.69) is 6.92 Å². The van der Waals surface area contributed by atoms with Gasteiger partial charge in [0.05, 0.1) is 12.5 Å². The van der Waals surface area contributed by atoms with Crippen molar-refractivity contribution in [3.63, 3.8) is 0 Å². The average Bonchev–Trinajstić information content (AvgIpc) is 2.19. The molecule has 0 rings (SSSR count). The van der Waals surface area contributed by atoms with E-state index in [4.69, 9.17) is 4.74 Å². The van der Waals surface area contributed by atoms with Gasteiger partial charge in [0.1, 0.15) is 0 Å². The molecule has 0 aromatic heterocycles. The summed E-state index contributed by atoms with van der Waals surface area (Å²) in [4.78, 5) is 13.6. The molecule has 0 aromatic rings. The zero-order valence-electron chi connectivity index (χ0n) is 9.88. The van der Waals surface area contributed by atoms with Crippen molar-refractivity contribution in [3.8, 4) is 0 Å². The summed E-state index contributed by atoms with van der Waals surface area (Å²) >= 11 is 0. The van der Waals surface area contributed by atoms with Crippen LogP contribution in [0.3, 0.4) is 0 Å². The quantitative estimate of drug-likeness (QED) is 0.589. The highest BCUT2D eigenvalue weighted by atomic mass is 16.5. The number of carbonyl (C=O) groups is 1. The second-order valence-electron chi connectivity index (χ2n) is 3.49. The zero-order valence-corrected chi connectivity index (χ0v) is 9.88. The van der Waals surface area contributed by atoms with Crippen molar-refractivity contribution < 1.29 is 9.53 Å². The van der Waals surface area contributed by atoms with E-state index in [1.54, 1.807) is 0 Å². The van der Waals surface area contributed by atoms with Crippen LogP contribution in [0.4, 0.5) is 0 Å². The van der Waals surface area contributed by atoms with Gasteiger partial charge in [-0.1, -0.05) is 13.8 Å². The molecule has 0 saturated heterocycles. The van der Waals surface area contributed by atoms with E-state index in [-0.39, 0.29) is 11.8 Å². The number of carbonyl (C=O) groups excluding carboxylic acids is 1. The first kappa shape index (κ1) is 13.4. The van der Waals surface area contributed by atoms with Crippen molar-refractivity contribution in [2.24, 2.45) is 5.92 Å². The third kappa shape index (κ3) is 4.61. The summed E-state index contributed by atoms with van der Waals surface area (Å²) in [5.41, 5.74) is 0. The SMILES string of the molecule is CCCOCC(C)C(=O)N(CC)CC. The third-order valence-corrected chi connectivity index (χ3v) is 2.21. The maximum Gasteiger partial charge on any atom is 0.227 e. The Bertz CT molecular complexity index is 155. The monoisotopic (exact) mass is 201 g/mol. The largest absolute Gasteiger partial charge is 0.381 e. The summed E-state index contributed by atoms with van der Waals surface area (Å²) in [6.07, 6.45) is 1.01. The number of rotatable bonds is 7. The molecule has 0 saturated carbocycles. The molecule has 0 aromatic carbocycles. The minimum absolute atomic E-state index is 0.0125. The lowest BCUT2D eigenvalue weighted by Crippen LogP contribution is -2.36. The Morgan fingerprint density at radius 3 is 2.29 bits per heavy atom. The summed E-state index contributed by atoms with van der Waals surface area (Å²) in [5.74, 6) is 0.188. The third-order valence-electron chi connectivity index (χ3n) is 2.21. The van der Waals surface area contributed by atoms with Gasteiger partial charge in [-0.2, -0.15) is 0 Å². The highest BCUT2D eigenvalue weighted by Gasteiger charge is 2.17. The van der Waals surface area contributed by atoms with Crippen LogP contribution in [0.2, 0.25) is 0 Å². The van der Waals surface area contributed by atoms with Gasteiger partial charge in [-0.25, -0.2) is 0 Å². The topological polar surface area (TPSA) is 29.5 Å². The fraction of sp³-hybridized carbons (Fsp3) is 0.909. The van der Waals surface area contributed by atoms with Gasteiger partial charge in [-0.15, -0.1) is 0 Å². The molecule has 1 unspecified atom stereocenters. The summed E-state index contributed by atoms with van der Waals surface area (Å²) in [6.45, 7) is 10.9. The molecule has 3 nitrogen and oxygen atoms in total. The van der Waals surface area contributed by atoms with Crippen molar-refractivity contribution in [2.45, 2.75) is 34.1 Å². The van der Waals surface area contributed by atoms with Gasteiger partial charge in [0, 0.05) is 19.7 Å². The lowest BCUT2D eigenvalue weighted by atomic mass is 10.1. The summed E-state index contributed by atoms with van der Waals surface area (Å²) in [7, 11) is 0. The van der Waals surface area contributed by atoms with Crippen LogP contribution >= 0.6 is 0 Å². The number of hydrogen-bond acceptors (Lipinski definition) is 2. The zero-order chi connectivity index (χ0) is 11.0. The van der Waals surface area contributed by atoms with Gasteiger partial charge < -0.3 is 9.64 Å². The molecular formula is C11H23NO2. The van der Waals surface area contributed by atoms with E-state index in [1.807, 2.05) is 25.7 Å². The maximum absolute atomic E-state index is 11.7. The van der Waals surface area contributed by atoms with Crippen LogP contribution in [-0.4, -0.2) is 37.1 Å². The van der Waals surface area contributed by atoms with Gasteiger partial charge in [0.15, 0.2) is 0 Å². The Balaban J connectivity index is 3.84. The van der Waals surface area contributed by atoms with Crippen molar-refractivity contribution in [1.82, 2.24) is 4.90 Å². The lowest BCUT2D eigenvalue weighted by molar-refractivity contribution is -0.136. The second-order valence-corrected chi connectivity index (χ2v) is 3.49. The predicted octanol–water partition coefficient (Wildman–Crippen LogP) is 1.92. The Morgan fingerprint density at radius 1 is 1.29 bits per heavy atom. The highest BCUT2D eigenvalue weighted by molar-refractivity contribution is 5.78. The molecule has 1 amide bonds. The minimum atomic E-state index is -0.0125. The van der Waals surface area contributed by atoms with Gasteiger partial charge in [0.25, 0.3) is 0 Å². The number of nitrogens with zero attached hydrogens (tertiary/aromatic N) is 1. The first-order valence-electron chi connectivity index (χ1n) is 5.53. The predicted molar refractivity (Wildman–Crippen MR) is 58.2 cm³/mol. The fourth-order valence-corrected chi connectivity index (χ4v) is 1.32.